The summed E-state index contributed by atoms with van der Waals surface area (Å²) in [5, 5.41) is -0.379. The third-order valence-corrected chi connectivity index (χ3v) is 3.84. The second-order valence-electron chi connectivity index (χ2n) is 2.01. The van der Waals surface area contributed by atoms with E-state index in [1.54, 1.807) is 6.07 Å². The van der Waals surface area contributed by atoms with Crippen molar-refractivity contribution in [2.75, 3.05) is 0 Å². The van der Waals surface area contributed by atoms with Gasteiger partial charge < -0.3 is 0 Å². The fourth-order valence-electron chi connectivity index (χ4n) is 0.744. The molecule has 0 N–H and O–H groups in total. The van der Waals surface area contributed by atoms with Gasteiger partial charge in [-0.05, 0) is 40.0 Å². The van der Waals surface area contributed by atoms with Crippen LogP contribution in [0.1, 0.15) is 21.5 Å². The van der Waals surface area contributed by atoms with E-state index in [2.05, 4.69) is 15.9 Å². The second-order valence-corrected chi connectivity index (χ2v) is 4.34. The van der Waals surface area contributed by atoms with Crippen molar-refractivity contribution in [3.8, 4) is 0 Å². The molecule has 60 valence electrons. The highest BCUT2D eigenvalue weighted by atomic mass is 79.9. The molecule has 0 saturated heterocycles. The molecular weight excluding hydrogens is 247 g/mol. The molecule has 0 aliphatic carbocycles. The first-order valence-electron chi connectivity index (χ1n) is 3.13. The summed E-state index contributed by atoms with van der Waals surface area (Å²) < 4.78 is 0.981. The molecule has 0 spiro atoms. The Morgan fingerprint density at radius 1 is 1.82 bits per heavy atom. The van der Waals surface area contributed by atoms with Crippen LogP contribution < -0.4 is 0 Å². The van der Waals surface area contributed by atoms with E-state index in [9.17, 15) is 4.79 Å². The van der Waals surface area contributed by atoms with Crippen molar-refractivity contribution in [3.63, 3.8) is 0 Å². The zero-order valence-electron chi connectivity index (χ0n) is 5.86. The Morgan fingerprint density at radius 2 is 2.45 bits per heavy atom. The molecule has 1 rings (SSSR count). The van der Waals surface area contributed by atoms with Crippen LogP contribution in [0.25, 0.3) is 0 Å². The molecule has 0 bridgehead atoms. The maximum atomic E-state index is 10.7. The summed E-state index contributed by atoms with van der Waals surface area (Å²) in [6, 6.07) is 1.76. The molecule has 0 aliphatic heterocycles. The molecule has 1 nitrogen and oxygen atoms in total. The minimum atomic E-state index is -0.379. The highest BCUT2D eigenvalue weighted by molar-refractivity contribution is 9.10. The van der Waals surface area contributed by atoms with Gasteiger partial charge in [0.15, 0.2) is 0 Å². The predicted molar refractivity (Wildman–Crippen MR) is 51.6 cm³/mol. The lowest BCUT2D eigenvalue weighted by Gasteiger charge is -1.86. The van der Waals surface area contributed by atoms with Gasteiger partial charge >= 0.3 is 0 Å². The topological polar surface area (TPSA) is 17.1 Å². The van der Waals surface area contributed by atoms with Crippen LogP contribution in [0.5, 0.6) is 0 Å². The average molecular weight is 254 g/mol. The standard InChI is InChI=1S/C7H6BrClOS/c1-2-5-4(8)3-6(11-5)7(9)10/h3H,2H2,1H3. The summed E-state index contributed by atoms with van der Waals surface area (Å²) in [5.41, 5.74) is 0. The highest BCUT2D eigenvalue weighted by Crippen LogP contribution is 2.28. The Hall–Kier alpha value is 0.140. The largest absolute Gasteiger partial charge is 0.275 e. The van der Waals surface area contributed by atoms with Gasteiger partial charge in [-0.15, -0.1) is 11.3 Å². The highest BCUT2D eigenvalue weighted by Gasteiger charge is 2.09. The van der Waals surface area contributed by atoms with Crippen molar-refractivity contribution < 1.29 is 4.79 Å². The van der Waals surface area contributed by atoms with Gasteiger partial charge in [0.25, 0.3) is 5.24 Å². The van der Waals surface area contributed by atoms with E-state index in [1.165, 1.54) is 11.3 Å². The Labute approximate surface area is 82.5 Å². The minimum absolute atomic E-state index is 0.379. The van der Waals surface area contributed by atoms with Gasteiger partial charge in [-0.1, -0.05) is 6.92 Å². The van der Waals surface area contributed by atoms with E-state index in [0.717, 1.165) is 15.8 Å². The van der Waals surface area contributed by atoms with Crippen LogP contribution >= 0.6 is 38.9 Å². The predicted octanol–water partition coefficient (Wildman–Crippen LogP) is 3.45. The number of carbonyl (C=O) groups is 1. The molecule has 4 heteroatoms. The Bertz CT molecular complexity index is 282. The lowest BCUT2D eigenvalue weighted by atomic mass is 10.4. The summed E-state index contributed by atoms with van der Waals surface area (Å²) >= 11 is 10.1. The molecule has 0 saturated carbocycles. The van der Waals surface area contributed by atoms with Gasteiger partial charge in [0.1, 0.15) is 0 Å². The Balaban J connectivity index is 3.05. The molecule has 0 amide bonds. The van der Waals surface area contributed by atoms with Crippen molar-refractivity contribution >= 4 is 44.1 Å². The number of aryl methyl sites for hydroxylation is 1. The van der Waals surface area contributed by atoms with E-state index in [0.29, 0.717) is 4.88 Å². The van der Waals surface area contributed by atoms with Crippen LogP contribution in [0.3, 0.4) is 0 Å². The summed E-state index contributed by atoms with van der Waals surface area (Å²) in [4.78, 5) is 12.4. The molecule has 0 radical (unpaired) electrons. The van der Waals surface area contributed by atoms with Crippen LogP contribution in [0.4, 0.5) is 0 Å². The monoisotopic (exact) mass is 252 g/mol. The molecule has 0 atom stereocenters. The fraction of sp³-hybridized carbons (Fsp3) is 0.286. The summed E-state index contributed by atoms with van der Waals surface area (Å²) in [7, 11) is 0. The Kier molecular flexibility index (Phi) is 3.10. The SMILES string of the molecule is CCc1sc(C(=O)Cl)cc1Br. The van der Waals surface area contributed by atoms with E-state index in [4.69, 9.17) is 11.6 Å². The van der Waals surface area contributed by atoms with E-state index in [1.807, 2.05) is 6.92 Å². The van der Waals surface area contributed by atoms with Crippen LogP contribution in [0, 0.1) is 0 Å². The number of carbonyl (C=O) groups excluding carboxylic acids is 1. The molecule has 0 aliphatic rings. The minimum Gasteiger partial charge on any atom is -0.275 e. The lowest BCUT2D eigenvalue weighted by molar-refractivity contribution is 0.108. The zero-order valence-corrected chi connectivity index (χ0v) is 9.02. The van der Waals surface area contributed by atoms with Crippen molar-refractivity contribution in [1.82, 2.24) is 0 Å². The van der Waals surface area contributed by atoms with Crippen LogP contribution in [-0.2, 0) is 6.42 Å². The van der Waals surface area contributed by atoms with E-state index in [-0.39, 0.29) is 5.24 Å². The quantitative estimate of drug-likeness (QED) is 0.738. The number of hydrogen-bond donors (Lipinski definition) is 0. The Morgan fingerprint density at radius 3 is 2.73 bits per heavy atom. The van der Waals surface area contributed by atoms with Gasteiger partial charge in [-0.2, -0.15) is 0 Å². The summed E-state index contributed by atoms with van der Waals surface area (Å²) in [6.45, 7) is 2.04. The molecule has 0 fully saturated rings. The van der Waals surface area contributed by atoms with E-state index >= 15 is 0 Å². The van der Waals surface area contributed by atoms with Crippen LogP contribution in [0.15, 0.2) is 10.5 Å². The molecule has 1 aromatic heterocycles. The van der Waals surface area contributed by atoms with Gasteiger partial charge in [-0.25, -0.2) is 0 Å². The maximum Gasteiger partial charge on any atom is 0.262 e. The van der Waals surface area contributed by atoms with Gasteiger partial charge in [0.05, 0.1) is 4.88 Å². The number of hydrogen-bond acceptors (Lipinski definition) is 2. The first-order valence-corrected chi connectivity index (χ1v) is 5.12. The number of rotatable bonds is 2. The molecule has 0 unspecified atom stereocenters. The van der Waals surface area contributed by atoms with Crippen LogP contribution in [-0.4, -0.2) is 5.24 Å². The fourth-order valence-corrected chi connectivity index (χ4v) is 2.64. The van der Waals surface area contributed by atoms with Crippen LogP contribution in [0.2, 0.25) is 0 Å². The number of halogens is 2. The average Bonchev–Trinajstić information content (AvgIpc) is 2.31. The molecular formula is C7H6BrClOS. The molecule has 1 aromatic rings. The van der Waals surface area contributed by atoms with Gasteiger partial charge in [0, 0.05) is 9.35 Å². The molecule has 0 aromatic carbocycles. The number of thiophene rings is 1. The summed E-state index contributed by atoms with van der Waals surface area (Å²) in [5.74, 6) is 0. The maximum absolute atomic E-state index is 10.7. The first-order chi connectivity index (χ1) is 5.15. The molecule has 11 heavy (non-hydrogen) atoms. The second kappa shape index (κ2) is 3.70. The van der Waals surface area contributed by atoms with E-state index < -0.39 is 0 Å². The van der Waals surface area contributed by atoms with Crippen molar-refractivity contribution in [3.05, 3.63) is 20.3 Å². The molecule has 1 heterocycles. The smallest absolute Gasteiger partial charge is 0.262 e. The van der Waals surface area contributed by atoms with Crippen molar-refractivity contribution in [2.24, 2.45) is 0 Å². The van der Waals surface area contributed by atoms with Gasteiger partial charge in [0.2, 0.25) is 0 Å². The normalized spacial score (nSPS) is 10.1. The zero-order chi connectivity index (χ0) is 8.43. The first kappa shape index (κ1) is 9.23. The summed E-state index contributed by atoms with van der Waals surface area (Å²) in [6.07, 6.45) is 0.926. The van der Waals surface area contributed by atoms with Crippen molar-refractivity contribution in [2.45, 2.75) is 13.3 Å². The third kappa shape index (κ3) is 2.04. The third-order valence-electron chi connectivity index (χ3n) is 1.27. The lowest BCUT2D eigenvalue weighted by Crippen LogP contribution is -1.78. The van der Waals surface area contributed by atoms with Crippen molar-refractivity contribution in [1.29, 1.82) is 0 Å². The van der Waals surface area contributed by atoms with Gasteiger partial charge in [-0.3, -0.25) is 4.79 Å².